The number of aliphatic carboxylic acids is 1. The summed E-state index contributed by atoms with van der Waals surface area (Å²) in [5, 5.41) is 22.6. The first-order valence-corrected chi connectivity index (χ1v) is 6.83. The molecule has 0 aliphatic rings. The fraction of sp³-hybridized carbons (Fsp3) is 0.429. The first kappa shape index (κ1) is 20.4. The third-order valence-corrected chi connectivity index (χ3v) is 2.87. The molecule has 0 heterocycles. The van der Waals surface area contributed by atoms with Gasteiger partial charge in [0, 0.05) is 11.8 Å². The second-order valence-corrected chi connectivity index (χ2v) is 5.16. The number of urea groups is 1. The number of hydrogen-bond acceptors (Lipinski definition) is 5. The standard InChI is InChI=1S/C14H17F3N2O6/c1-13(23,11(20)21)6-18-12(22)19-8-3-4-9(24-2)10(5-8)25-7-14(15,16)17/h3-5,23H,6-7H2,1-2H3,(H,20,21)(H2,18,19,22). The summed E-state index contributed by atoms with van der Waals surface area (Å²) in [4.78, 5) is 22.4. The van der Waals surface area contributed by atoms with Crippen LogP contribution in [0, 0.1) is 0 Å². The molecule has 8 nitrogen and oxygen atoms in total. The van der Waals surface area contributed by atoms with E-state index in [4.69, 9.17) is 9.84 Å². The van der Waals surface area contributed by atoms with Gasteiger partial charge in [-0.2, -0.15) is 13.2 Å². The quantitative estimate of drug-likeness (QED) is 0.582. The Hall–Kier alpha value is -2.69. The average molecular weight is 366 g/mol. The molecule has 0 spiro atoms. The Morgan fingerprint density at radius 1 is 1.24 bits per heavy atom. The van der Waals surface area contributed by atoms with Gasteiger partial charge >= 0.3 is 18.2 Å². The van der Waals surface area contributed by atoms with E-state index < -0.39 is 36.9 Å². The summed E-state index contributed by atoms with van der Waals surface area (Å²) in [7, 11) is 1.24. The topological polar surface area (TPSA) is 117 Å². The van der Waals surface area contributed by atoms with Crippen molar-refractivity contribution in [3.63, 3.8) is 0 Å². The van der Waals surface area contributed by atoms with Crippen LogP contribution in [0.1, 0.15) is 6.92 Å². The maximum atomic E-state index is 12.2. The summed E-state index contributed by atoms with van der Waals surface area (Å²) in [6.07, 6.45) is -4.55. The minimum Gasteiger partial charge on any atom is -0.493 e. The van der Waals surface area contributed by atoms with Gasteiger partial charge in [0.2, 0.25) is 0 Å². The van der Waals surface area contributed by atoms with Gasteiger partial charge in [-0.25, -0.2) is 9.59 Å². The van der Waals surface area contributed by atoms with Gasteiger partial charge in [0.05, 0.1) is 13.7 Å². The molecule has 0 saturated heterocycles. The highest BCUT2D eigenvalue weighted by molar-refractivity contribution is 5.90. The zero-order chi connectivity index (χ0) is 19.3. The van der Waals surface area contributed by atoms with Crippen molar-refractivity contribution in [2.45, 2.75) is 18.7 Å². The van der Waals surface area contributed by atoms with Gasteiger partial charge < -0.3 is 30.3 Å². The number of carboxylic acid groups (broad SMARTS) is 1. The van der Waals surface area contributed by atoms with E-state index in [2.05, 4.69) is 15.4 Å². The van der Waals surface area contributed by atoms with E-state index in [1.54, 1.807) is 0 Å². The van der Waals surface area contributed by atoms with Crippen LogP contribution in [0.2, 0.25) is 0 Å². The molecule has 25 heavy (non-hydrogen) atoms. The van der Waals surface area contributed by atoms with Crippen LogP contribution in [0.5, 0.6) is 11.5 Å². The summed E-state index contributed by atoms with van der Waals surface area (Å²) in [5.74, 6) is -1.74. The normalized spacial score (nSPS) is 13.5. The Bertz CT molecular complexity index is 633. The van der Waals surface area contributed by atoms with Crippen LogP contribution >= 0.6 is 0 Å². The largest absolute Gasteiger partial charge is 0.493 e. The highest BCUT2D eigenvalue weighted by Crippen LogP contribution is 2.31. The SMILES string of the molecule is COc1ccc(NC(=O)NCC(C)(O)C(=O)O)cc1OCC(F)(F)F. The number of carbonyl (C=O) groups is 2. The highest BCUT2D eigenvalue weighted by atomic mass is 19.4. The van der Waals surface area contributed by atoms with Crippen LogP contribution in [0.15, 0.2) is 18.2 Å². The zero-order valence-electron chi connectivity index (χ0n) is 13.3. The number of anilines is 1. The number of benzene rings is 1. The van der Waals surface area contributed by atoms with E-state index in [0.29, 0.717) is 0 Å². The summed E-state index contributed by atoms with van der Waals surface area (Å²) < 4.78 is 46.2. The van der Waals surface area contributed by atoms with Gasteiger partial charge in [0.1, 0.15) is 0 Å². The molecule has 0 aliphatic heterocycles. The molecular formula is C14H17F3N2O6. The van der Waals surface area contributed by atoms with Gasteiger partial charge in [0.25, 0.3) is 0 Å². The van der Waals surface area contributed by atoms with Crippen LogP contribution in [-0.2, 0) is 4.79 Å². The maximum Gasteiger partial charge on any atom is 0.422 e. The van der Waals surface area contributed by atoms with E-state index in [9.17, 15) is 27.9 Å². The molecule has 1 aromatic rings. The van der Waals surface area contributed by atoms with Crippen LogP contribution < -0.4 is 20.1 Å². The summed E-state index contributed by atoms with van der Waals surface area (Å²) in [5.41, 5.74) is -2.09. The monoisotopic (exact) mass is 366 g/mol. The van der Waals surface area contributed by atoms with Crippen LogP contribution in [0.4, 0.5) is 23.7 Å². The van der Waals surface area contributed by atoms with Gasteiger partial charge in [-0.15, -0.1) is 0 Å². The molecule has 0 radical (unpaired) electrons. The second kappa shape index (κ2) is 7.92. The minimum atomic E-state index is -4.55. The number of ether oxygens (including phenoxy) is 2. The molecule has 2 amide bonds. The minimum absolute atomic E-state index is 0.0315. The second-order valence-electron chi connectivity index (χ2n) is 5.16. The van der Waals surface area contributed by atoms with Gasteiger partial charge in [-0.05, 0) is 19.1 Å². The van der Waals surface area contributed by atoms with Crippen molar-refractivity contribution in [2.24, 2.45) is 0 Å². The molecule has 1 aromatic carbocycles. The van der Waals surface area contributed by atoms with Crippen molar-refractivity contribution in [3.8, 4) is 11.5 Å². The first-order chi connectivity index (χ1) is 11.4. The summed E-state index contributed by atoms with van der Waals surface area (Å²) in [6.45, 7) is -1.13. The maximum absolute atomic E-state index is 12.2. The van der Waals surface area contributed by atoms with Gasteiger partial charge in [-0.1, -0.05) is 0 Å². The molecule has 0 aromatic heterocycles. The number of aliphatic hydroxyl groups is 1. The molecule has 11 heteroatoms. The van der Waals surface area contributed by atoms with E-state index in [-0.39, 0.29) is 17.2 Å². The molecule has 0 fully saturated rings. The third-order valence-electron chi connectivity index (χ3n) is 2.87. The molecule has 0 bridgehead atoms. The fourth-order valence-electron chi connectivity index (χ4n) is 1.53. The van der Waals surface area contributed by atoms with Crippen molar-refractivity contribution >= 4 is 17.7 Å². The predicted octanol–water partition coefficient (Wildman–Crippen LogP) is 1.59. The van der Waals surface area contributed by atoms with Crippen molar-refractivity contribution in [3.05, 3.63) is 18.2 Å². The Balaban J connectivity index is 2.75. The van der Waals surface area contributed by atoms with E-state index in [0.717, 1.165) is 13.0 Å². The number of halogens is 3. The smallest absolute Gasteiger partial charge is 0.422 e. The Morgan fingerprint density at radius 2 is 1.88 bits per heavy atom. The molecule has 1 atom stereocenters. The number of amides is 2. The number of alkyl halides is 3. The average Bonchev–Trinajstić information content (AvgIpc) is 2.50. The van der Waals surface area contributed by atoms with Crippen LogP contribution in [0.25, 0.3) is 0 Å². The first-order valence-electron chi connectivity index (χ1n) is 6.83. The van der Waals surface area contributed by atoms with E-state index in [1.807, 2.05) is 0 Å². The lowest BCUT2D eigenvalue weighted by Gasteiger charge is -2.19. The number of carboxylic acids is 1. The summed E-state index contributed by atoms with van der Waals surface area (Å²) in [6, 6.07) is 2.87. The van der Waals surface area contributed by atoms with Crippen molar-refractivity contribution in [1.82, 2.24) is 5.32 Å². The van der Waals surface area contributed by atoms with Gasteiger partial charge in [0.15, 0.2) is 23.7 Å². The Kier molecular flexibility index (Phi) is 6.45. The Labute approximate surface area is 140 Å². The van der Waals surface area contributed by atoms with Crippen molar-refractivity contribution in [2.75, 3.05) is 25.6 Å². The van der Waals surface area contributed by atoms with Crippen LogP contribution in [-0.4, -0.2) is 54.3 Å². The number of nitrogens with one attached hydrogen (secondary N) is 2. The predicted molar refractivity (Wildman–Crippen MR) is 79.8 cm³/mol. The molecule has 0 saturated carbocycles. The Morgan fingerprint density at radius 3 is 2.40 bits per heavy atom. The number of carbonyl (C=O) groups excluding carboxylic acids is 1. The zero-order valence-corrected chi connectivity index (χ0v) is 13.3. The molecule has 1 rings (SSSR count). The number of rotatable bonds is 7. The summed E-state index contributed by atoms with van der Waals surface area (Å²) >= 11 is 0. The lowest BCUT2D eigenvalue weighted by molar-refractivity contribution is -0.155. The van der Waals surface area contributed by atoms with Gasteiger partial charge in [-0.3, -0.25) is 0 Å². The molecule has 140 valence electrons. The lowest BCUT2D eigenvalue weighted by atomic mass is 10.1. The van der Waals surface area contributed by atoms with Crippen LogP contribution in [0.3, 0.4) is 0 Å². The number of methoxy groups -OCH3 is 1. The van der Waals surface area contributed by atoms with Crippen molar-refractivity contribution < 1.29 is 42.4 Å². The number of hydrogen-bond donors (Lipinski definition) is 4. The van der Waals surface area contributed by atoms with E-state index in [1.165, 1.54) is 19.2 Å². The molecule has 1 unspecified atom stereocenters. The lowest BCUT2D eigenvalue weighted by Crippen LogP contribution is -2.47. The molecular weight excluding hydrogens is 349 g/mol. The van der Waals surface area contributed by atoms with E-state index >= 15 is 0 Å². The van der Waals surface area contributed by atoms with Crippen molar-refractivity contribution in [1.29, 1.82) is 0 Å². The molecule has 4 N–H and O–H groups in total. The highest BCUT2D eigenvalue weighted by Gasteiger charge is 2.30. The molecule has 0 aliphatic carbocycles. The third kappa shape index (κ3) is 6.75. The fourth-order valence-corrected chi connectivity index (χ4v) is 1.53.